The standard InChI is InChI=1S/C24H37F2Si/c1-2-15-27-16-13-22(14-17-27)21-10-7-19(8-11-21)5-3-4-6-20-9-12-23(25)24(26)18-20/h9,12,18-19,21-22H,2-8,10-11,13-17H2,1H3. The summed E-state index contributed by atoms with van der Waals surface area (Å²) in [6.07, 6.45) is 14.8. The highest BCUT2D eigenvalue weighted by Gasteiger charge is 2.30. The summed E-state index contributed by atoms with van der Waals surface area (Å²) in [6.45, 7) is 2.35. The van der Waals surface area contributed by atoms with E-state index in [9.17, 15) is 8.78 Å². The summed E-state index contributed by atoms with van der Waals surface area (Å²) in [7, 11) is 0.0335. The zero-order chi connectivity index (χ0) is 19.1. The number of unbranched alkanes of at least 4 members (excludes halogenated alkanes) is 1. The minimum atomic E-state index is -0.740. The number of benzene rings is 1. The summed E-state index contributed by atoms with van der Waals surface area (Å²) < 4.78 is 26.2. The lowest BCUT2D eigenvalue weighted by molar-refractivity contribution is 0.184. The molecular formula is C24H37F2Si. The Labute approximate surface area is 166 Å². The number of aryl methyl sites for hydroxylation is 1. The first-order valence-electron chi connectivity index (χ1n) is 11.4. The molecule has 1 heterocycles. The van der Waals surface area contributed by atoms with Gasteiger partial charge in [-0.1, -0.05) is 76.1 Å². The largest absolute Gasteiger partial charge is 0.204 e. The van der Waals surface area contributed by atoms with Crippen LogP contribution < -0.4 is 0 Å². The summed E-state index contributed by atoms with van der Waals surface area (Å²) in [5, 5.41) is 0. The Morgan fingerprint density at radius 3 is 2.26 bits per heavy atom. The predicted molar refractivity (Wildman–Crippen MR) is 113 cm³/mol. The quantitative estimate of drug-likeness (QED) is 0.313. The van der Waals surface area contributed by atoms with Gasteiger partial charge in [0.1, 0.15) is 0 Å². The monoisotopic (exact) mass is 391 g/mol. The van der Waals surface area contributed by atoms with Gasteiger partial charge in [0.15, 0.2) is 11.6 Å². The molecule has 1 aliphatic heterocycles. The molecule has 0 unspecified atom stereocenters. The van der Waals surface area contributed by atoms with Gasteiger partial charge in [-0.2, -0.15) is 0 Å². The number of halogens is 2. The van der Waals surface area contributed by atoms with Crippen LogP contribution in [-0.2, 0) is 6.42 Å². The first-order valence-corrected chi connectivity index (χ1v) is 13.5. The maximum atomic E-state index is 13.3. The molecule has 0 spiro atoms. The van der Waals surface area contributed by atoms with E-state index < -0.39 is 11.6 Å². The predicted octanol–water partition coefficient (Wildman–Crippen LogP) is 7.80. The molecule has 3 rings (SSSR count). The molecule has 1 radical (unpaired) electrons. The van der Waals surface area contributed by atoms with Gasteiger partial charge in [0, 0.05) is 8.80 Å². The maximum Gasteiger partial charge on any atom is 0.159 e. The zero-order valence-corrected chi connectivity index (χ0v) is 18.1. The van der Waals surface area contributed by atoms with Crippen molar-refractivity contribution in [3.8, 4) is 0 Å². The third-order valence-corrected chi connectivity index (χ3v) is 10.4. The summed E-state index contributed by atoms with van der Waals surface area (Å²) >= 11 is 0. The van der Waals surface area contributed by atoms with Crippen LogP contribution in [0, 0.1) is 29.4 Å². The Bertz CT molecular complexity index is 557. The molecule has 0 N–H and O–H groups in total. The Balaban J connectivity index is 1.29. The molecule has 0 aromatic heterocycles. The van der Waals surface area contributed by atoms with Crippen LogP contribution in [0.5, 0.6) is 0 Å². The van der Waals surface area contributed by atoms with Gasteiger partial charge in [0.25, 0.3) is 0 Å². The van der Waals surface area contributed by atoms with E-state index >= 15 is 0 Å². The molecule has 0 amide bonds. The Kier molecular flexibility index (Phi) is 8.36. The molecular weight excluding hydrogens is 354 g/mol. The first-order chi connectivity index (χ1) is 13.2. The molecule has 2 aliphatic rings. The van der Waals surface area contributed by atoms with Gasteiger partial charge in [0.05, 0.1) is 0 Å². The number of hydrogen-bond donors (Lipinski definition) is 0. The van der Waals surface area contributed by atoms with Crippen molar-refractivity contribution in [3.05, 3.63) is 35.4 Å². The fourth-order valence-electron chi connectivity index (χ4n) is 5.53. The Hall–Kier alpha value is -0.703. The molecule has 151 valence electrons. The van der Waals surface area contributed by atoms with Crippen LogP contribution in [0.1, 0.15) is 76.7 Å². The van der Waals surface area contributed by atoms with Crippen LogP contribution >= 0.6 is 0 Å². The molecule has 27 heavy (non-hydrogen) atoms. The smallest absolute Gasteiger partial charge is 0.159 e. The second kappa shape index (κ2) is 10.7. The van der Waals surface area contributed by atoms with Crippen LogP contribution in [-0.4, -0.2) is 8.80 Å². The van der Waals surface area contributed by atoms with Crippen LogP contribution in [0.3, 0.4) is 0 Å². The third-order valence-electron chi connectivity index (χ3n) is 7.21. The minimum Gasteiger partial charge on any atom is -0.204 e. The molecule has 1 saturated heterocycles. The fraction of sp³-hybridized carbons (Fsp3) is 0.750. The summed E-state index contributed by atoms with van der Waals surface area (Å²) in [6, 6.07) is 9.07. The van der Waals surface area contributed by atoms with Crippen molar-refractivity contribution in [3.63, 3.8) is 0 Å². The van der Waals surface area contributed by atoms with Crippen molar-refractivity contribution in [2.75, 3.05) is 0 Å². The molecule has 2 fully saturated rings. The Morgan fingerprint density at radius 2 is 1.59 bits per heavy atom. The molecule has 0 nitrogen and oxygen atoms in total. The van der Waals surface area contributed by atoms with Crippen molar-refractivity contribution < 1.29 is 8.78 Å². The van der Waals surface area contributed by atoms with Crippen LogP contribution in [0.25, 0.3) is 0 Å². The van der Waals surface area contributed by atoms with Gasteiger partial charge in [0.2, 0.25) is 0 Å². The van der Waals surface area contributed by atoms with Crippen molar-refractivity contribution in [2.24, 2.45) is 17.8 Å². The maximum absolute atomic E-state index is 13.3. The average Bonchev–Trinajstić information content (AvgIpc) is 2.69. The molecule has 3 heteroatoms. The lowest BCUT2D eigenvalue weighted by Gasteiger charge is -2.37. The van der Waals surface area contributed by atoms with E-state index in [0.29, 0.717) is 0 Å². The van der Waals surface area contributed by atoms with E-state index in [2.05, 4.69) is 6.92 Å². The van der Waals surface area contributed by atoms with Crippen LogP contribution in [0.15, 0.2) is 18.2 Å². The van der Waals surface area contributed by atoms with E-state index in [0.717, 1.165) is 36.2 Å². The van der Waals surface area contributed by atoms with Gasteiger partial charge in [-0.3, -0.25) is 0 Å². The van der Waals surface area contributed by atoms with Crippen molar-refractivity contribution in [1.82, 2.24) is 0 Å². The van der Waals surface area contributed by atoms with Crippen molar-refractivity contribution in [1.29, 1.82) is 0 Å². The normalized spacial score (nSPS) is 25.0. The van der Waals surface area contributed by atoms with Crippen LogP contribution in [0.4, 0.5) is 8.78 Å². The SMILES string of the molecule is CCC[Si]1CCC(C2CCC(CCCCc3ccc(F)c(F)c3)CC2)CC1. The number of hydrogen-bond acceptors (Lipinski definition) is 0. The summed E-state index contributed by atoms with van der Waals surface area (Å²) in [4.78, 5) is 0. The van der Waals surface area contributed by atoms with Crippen LogP contribution in [0.2, 0.25) is 18.1 Å². The second-order valence-corrected chi connectivity index (χ2v) is 12.1. The average molecular weight is 392 g/mol. The van der Waals surface area contributed by atoms with Gasteiger partial charge >= 0.3 is 0 Å². The van der Waals surface area contributed by atoms with Gasteiger partial charge in [-0.25, -0.2) is 8.78 Å². The Morgan fingerprint density at radius 1 is 0.889 bits per heavy atom. The van der Waals surface area contributed by atoms with Gasteiger partial charge in [-0.15, -0.1) is 0 Å². The highest BCUT2D eigenvalue weighted by atomic mass is 28.3. The molecule has 1 saturated carbocycles. The summed E-state index contributed by atoms with van der Waals surface area (Å²) in [5.74, 6) is 1.53. The van der Waals surface area contributed by atoms with Gasteiger partial charge in [-0.05, 0) is 61.1 Å². The van der Waals surface area contributed by atoms with E-state index in [1.807, 2.05) is 0 Å². The zero-order valence-electron chi connectivity index (χ0n) is 17.1. The fourth-order valence-corrected chi connectivity index (χ4v) is 8.54. The van der Waals surface area contributed by atoms with Crippen molar-refractivity contribution >= 4 is 8.80 Å². The molecule has 1 aromatic rings. The topological polar surface area (TPSA) is 0 Å². The van der Waals surface area contributed by atoms with E-state index in [4.69, 9.17) is 0 Å². The van der Waals surface area contributed by atoms with E-state index in [-0.39, 0.29) is 8.80 Å². The molecule has 1 aromatic carbocycles. The van der Waals surface area contributed by atoms with Gasteiger partial charge < -0.3 is 0 Å². The highest BCUT2D eigenvalue weighted by molar-refractivity contribution is 6.58. The second-order valence-electron chi connectivity index (χ2n) is 9.11. The van der Waals surface area contributed by atoms with Crippen molar-refractivity contribution in [2.45, 2.75) is 95.7 Å². The molecule has 0 bridgehead atoms. The first kappa shape index (κ1) is 21.0. The number of rotatable bonds is 8. The summed E-state index contributed by atoms with van der Waals surface area (Å²) in [5.41, 5.74) is 0.930. The lowest BCUT2D eigenvalue weighted by Crippen LogP contribution is -2.28. The third kappa shape index (κ3) is 6.41. The van der Waals surface area contributed by atoms with E-state index in [1.54, 1.807) is 24.2 Å². The minimum absolute atomic E-state index is 0.0335. The molecule has 0 atom stereocenters. The lowest BCUT2D eigenvalue weighted by atomic mass is 9.73. The highest BCUT2D eigenvalue weighted by Crippen LogP contribution is 2.41. The molecule has 1 aliphatic carbocycles. The van der Waals surface area contributed by atoms with E-state index in [1.165, 1.54) is 69.9 Å².